The molecule has 17 heavy (non-hydrogen) atoms. The molecule has 0 unspecified atom stereocenters. The van der Waals surface area contributed by atoms with Crippen LogP contribution in [-0.2, 0) is 0 Å². The molecule has 88 valence electrons. The second-order valence-corrected chi connectivity index (χ2v) is 5.63. The standard InChI is InChI=1S/C13H12BrClN2/c1-16-11-6-10(7-2-3-7)17-13-9(15)5-4-8(14)12(11)13/h4-7H,2-3H2,1H3,(H,16,17). The Labute approximate surface area is 114 Å². The molecule has 1 fully saturated rings. The summed E-state index contributed by atoms with van der Waals surface area (Å²) in [6.45, 7) is 0. The van der Waals surface area contributed by atoms with E-state index in [4.69, 9.17) is 16.6 Å². The van der Waals surface area contributed by atoms with Crippen LogP contribution in [0.3, 0.4) is 0 Å². The molecule has 4 heteroatoms. The van der Waals surface area contributed by atoms with Crippen LogP contribution < -0.4 is 5.32 Å². The van der Waals surface area contributed by atoms with Gasteiger partial charge in [0, 0.05) is 34.2 Å². The van der Waals surface area contributed by atoms with Crippen LogP contribution in [-0.4, -0.2) is 12.0 Å². The van der Waals surface area contributed by atoms with E-state index in [1.54, 1.807) is 0 Å². The molecule has 0 saturated heterocycles. The first-order valence-corrected chi connectivity index (χ1v) is 6.84. The number of hydrogen-bond donors (Lipinski definition) is 1. The van der Waals surface area contributed by atoms with Crippen LogP contribution in [0.15, 0.2) is 22.7 Å². The highest BCUT2D eigenvalue weighted by Crippen LogP contribution is 2.43. The van der Waals surface area contributed by atoms with Gasteiger partial charge in [-0.25, -0.2) is 0 Å². The Morgan fingerprint density at radius 1 is 1.41 bits per heavy atom. The third-order valence-corrected chi connectivity index (χ3v) is 4.11. The number of anilines is 1. The number of nitrogens with one attached hydrogen (secondary N) is 1. The van der Waals surface area contributed by atoms with Gasteiger partial charge >= 0.3 is 0 Å². The first kappa shape index (κ1) is 11.3. The maximum atomic E-state index is 6.24. The van der Waals surface area contributed by atoms with Crippen LogP contribution in [0, 0.1) is 0 Å². The molecule has 0 atom stereocenters. The molecule has 1 heterocycles. The lowest BCUT2D eigenvalue weighted by atomic mass is 10.1. The van der Waals surface area contributed by atoms with E-state index in [0.29, 0.717) is 10.9 Å². The molecule has 1 aromatic heterocycles. The predicted octanol–water partition coefficient (Wildman–Crippen LogP) is 4.57. The summed E-state index contributed by atoms with van der Waals surface area (Å²) in [5.41, 5.74) is 3.13. The van der Waals surface area contributed by atoms with Gasteiger partial charge in [-0.05, 0) is 31.0 Å². The molecule has 2 aromatic rings. The van der Waals surface area contributed by atoms with E-state index < -0.39 is 0 Å². The zero-order valence-corrected chi connectivity index (χ0v) is 11.8. The quantitative estimate of drug-likeness (QED) is 0.879. The Morgan fingerprint density at radius 3 is 2.82 bits per heavy atom. The van der Waals surface area contributed by atoms with Crippen molar-refractivity contribution in [3.63, 3.8) is 0 Å². The van der Waals surface area contributed by atoms with E-state index in [9.17, 15) is 0 Å². The van der Waals surface area contributed by atoms with Gasteiger partial charge in [0.1, 0.15) is 0 Å². The van der Waals surface area contributed by atoms with Crippen molar-refractivity contribution in [3.05, 3.63) is 33.4 Å². The molecule has 3 rings (SSSR count). The average Bonchev–Trinajstić information content (AvgIpc) is 3.16. The minimum absolute atomic E-state index is 0.626. The van der Waals surface area contributed by atoms with E-state index in [1.807, 2.05) is 19.2 Å². The van der Waals surface area contributed by atoms with E-state index in [0.717, 1.165) is 26.8 Å². The maximum Gasteiger partial charge on any atom is 0.0923 e. The molecular formula is C13H12BrClN2. The fourth-order valence-electron chi connectivity index (χ4n) is 2.07. The summed E-state index contributed by atoms with van der Waals surface area (Å²) >= 11 is 9.81. The van der Waals surface area contributed by atoms with Crippen molar-refractivity contribution in [1.82, 2.24) is 4.98 Å². The number of fused-ring (bicyclic) bond motifs is 1. The third-order valence-electron chi connectivity index (χ3n) is 3.15. The van der Waals surface area contributed by atoms with Gasteiger partial charge in [0.2, 0.25) is 0 Å². The van der Waals surface area contributed by atoms with Crippen molar-refractivity contribution in [2.75, 3.05) is 12.4 Å². The molecule has 1 N–H and O–H groups in total. The number of halogens is 2. The molecule has 0 bridgehead atoms. The minimum Gasteiger partial charge on any atom is -0.387 e. The summed E-state index contributed by atoms with van der Waals surface area (Å²) in [5, 5.41) is 5.00. The van der Waals surface area contributed by atoms with Gasteiger partial charge in [-0.2, -0.15) is 0 Å². The third kappa shape index (κ3) is 1.91. The molecular weight excluding hydrogens is 300 g/mol. The van der Waals surface area contributed by atoms with Gasteiger partial charge in [0.25, 0.3) is 0 Å². The van der Waals surface area contributed by atoms with Gasteiger partial charge in [-0.15, -0.1) is 0 Å². The van der Waals surface area contributed by atoms with Gasteiger partial charge in [0.15, 0.2) is 0 Å². The summed E-state index contributed by atoms with van der Waals surface area (Å²) in [6.07, 6.45) is 2.49. The van der Waals surface area contributed by atoms with Crippen molar-refractivity contribution in [2.24, 2.45) is 0 Å². The molecule has 1 saturated carbocycles. The van der Waals surface area contributed by atoms with E-state index >= 15 is 0 Å². The highest BCUT2D eigenvalue weighted by atomic mass is 79.9. The predicted molar refractivity (Wildman–Crippen MR) is 76.0 cm³/mol. The van der Waals surface area contributed by atoms with Gasteiger partial charge in [-0.1, -0.05) is 27.5 Å². The molecule has 0 spiro atoms. The Hall–Kier alpha value is -0.800. The summed E-state index contributed by atoms with van der Waals surface area (Å²) in [6, 6.07) is 5.99. The lowest BCUT2D eigenvalue weighted by Crippen LogP contribution is -1.96. The summed E-state index contributed by atoms with van der Waals surface area (Å²) < 4.78 is 1.02. The Kier molecular flexibility index (Phi) is 2.75. The Bertz CT molecular complexity index is 593. The lowest BCUT2D eigenvalue weighted by molar-refractivity contribution is 1.04. The highest BCUT2D eigenvalue weighted by molar-refractivity contribution is 9.10. The second kappa shape index (κ2) is 4.14. The van der Waals surface area contributed by atoms with Gasteiger partial charge in [-0.3, -0.25) is 4.98 Å². The Morgan fingerprint density at radius 2 is 2.18 bits per heavy atom. The smallest absolute Gasteiger partial charge is 0.0923 e. The van der Waals surface area contributed by atoms with Crippen LogP contribution in [0.1, 0.15) is 24.5 Å². The zero-order chi connectivity index (χ0) is 12.0. The molecule has 1 aromatic carbocycles. The van der Waals surface area contributed by atoms with Crippen molar-refractivity contribution < 1.29 is 0 Å². The van der Waals surface area contributed by atoms with E-state index in [1.165, 1.54) is 12.8 Å². The van der Waals surface area contributed by atoms with Crippen LogP contribution in [0.5, 0.6) is 0 Å². The topological polar surface area (TPSA) is 24.9 Å². The molecule has 2 nitrogen and oxygen atoms in total. The average molecular weight is 312 g/mol. The van der Waals surface area contributed by atoms with Gasteiger partial charge in [0.05, 0.1) is 10.5 Å². The number of pyridine rings is 1. The number of hydrogen-bond acceptors (Lipinski definition) is 2. The first-order chi connectivity index (χ1) is 8.20. The van der Waals surface area contributed by atoms with Crippen molar-refractivity contribution in [2.45, 2.75) is 18.8 Å². The van der Waals surface area contributed by atoms with Crippen LogP contribution >= 0.6 is 27.5 Å². The summed E-state index contributed by atoms with van der Waals surface area (Å²) in [4.78, 5) is 4.70. The minimum atomic E-state index is 0.626. The number of rotatable bonds is 2. The van der Waals surface area contributed by atoms with Crippen LogP contribution in [0.2, 0.25) is 5.02 Å². The maximum absolute atomic E-state index is 6.24. The van der Waals surface area contributed by atoms with E-state index in [2.05, 4.69) is 27.3 Å². The largest absolute Gasteiger partial charge is 0.387 e. The lowest BCUT2D eigenvalue weighted by Gasteiger charge is -2.11. The SMILES string of the molecule is CNc1cc(C2CC2)nc2c(Cl)ccc(Br)c12. The molecule has 0 amide bonds. The fourth-order valence-corrected chi connectivity index (χ4v) is 2.81. The summed E-state index contributed by atoms with van der Waals surface area (Å²) in [7, 11) is 1.93. The molecule has 0 aliphatic heterocycles. The number of nitrogens with zero attached hydrogens (tertiary/aromatic N) is 1. The van der Waals surface area contributed by atoms with Crippen LogP contribution in [0.25, 0.3) is 10.9 Å². The second-order valence-electron chi connectivity index (χ2n) is 4.37. The highest BCUT2D eigenvalue weighted by Gasteiger charge is 2.26. The fraction of sp³-hybridized carbons (Fsp3) is 0.308. The first-order valence-electron chi connectivity index (χ1n) is 5.67. The van der Waals surface area contributed by atoms with Crippen molar-refractivity contribution in [3.8, 4) is 0 Å². The van der Waals surface area contributed by atoms with E-state index in [-0.39, 0.29) is 0 Å². The number of benzene rings is 1. The van der Waals surface area contributed by atoms with Crippen molar-refractivity contribution >= 4 is 44.1 Å². The molecule has 1 aliphatic carbocycles. The van der Waals surface area contributed by atoms with Crippen LogP contribution in [0.4, 0.5) is 5.69 Å². The summed E-state index contributed by atoms with van der Waals surface area (Å²) in [5.74, 6) is 0.626. The van der Waals surface area contributed by atoms with Gasteiger partial charge < -0.3 is 5.32 Å². The zero-order valence-electron chi connectivity index (χ0n) is 9.43. The molecule has 0 radical (unpaired) electrons. The number of aromatic nitrogens is 1. The monoisotopic (exact) mass is 310 g/mol. The Balaban J connectivity index is 2.35. The van der Waals surface area contributed by atoms with Crippen molar-refractivity contribution in [1.29, 1.82) is 0 Å². The normalized spacial score (nSPS) is 15.2. The molecule has 1 aliphatic rings.